The van der Waals surface area contributed by atoms with E-state index < -0.39 is 0 Å². The van der Waals surface area contributed by atoms with Crippen molar-refractivity contribution >= 4 is 34.4 Å². The molecule has 0 saturated heterocycles. The molecule has 2 aromatic heterocycles. The highest BCUT2D eigenvalue weighted by Crippen LogP contribution is 2.23. The highest BCUT2D eigenvalue weighted by molar-refractivity contribution is 7.13. The molecule has 3 aromatic rings. The van der Waals surface area contributed by atoms with Crippen molar-refractivity contribution in [3.05, 3.63) is 63.8 Å². The topological polar surface area (TPSA) is 56.3 Å². The lowest BCUT2D eigenvalue weighted by Gasteiger charge is -2.02. The molecule has 24 heavy (non-hydrogen) atoms. The van der Waals surface area contributed by atoms with Gasteiger partial charge in [0.1, 0.15) is 11.6 Å². The molecule has 0 fully saturated rings. The first kappa shape index (κ1) is 16.5. The fourth-order valence-electron chi connectivity index (χ4n) is 2.09. The minimum absolute atomic E-state index is 0.0260. The Morgan fingerprint density at radius 3 is 2.58 bits per heavy atom. The van der Waals surface area contributed by atoms with Crippen LogP contribution in [0.2, 0.25) is 0 Å². The molecule has 0 saturated carbocycles. The summed E-state index contributed by atoms with van der Waals surface area (Å²) in [4.78, 5) is 28.7. The predicted octanol–water partition coefficient (Wildman–Crippen LogP) is 4.58. The van der Waals surface area contributed by atoms with Gasteiger partial charge in [-0.3, -0.25) is 9.59 Å². The quantitative estimate of drug-likeness (QED) is 0.459. The standard InChI is InChI=1S/C18H15NO3S2/c20-15(16-7-4-10-23-16)8-9-17(21)22-11-14-12-24-18(19-14)13-5-2-1-3-6-13/h1-7,10,12H,8-9,11H2. The van der Waals surface area contributed by atoms with Gasteiger partial charge in [0.05, 0.1) is 17.0 Å². The molecule has 4 nitrogen and oxygen atoms in total. The van der Waals surface area contributed by atoms with Gasteiger partial charge in [-0.05, 0) is 11.4 Å². The second-order valence-electron chi connectivity index (χ2n) is 5.07. The number of thiophene rings is 1. The molecule has 0 bridgehead atoms. The maximum atomic E-state index is 11.8. The van der Waals surface area contributed by atoms with Crippen molar-refractivity contribution < 1.29 is 14.3 Å². The molecule has 0 N–H and O–H groups in total. The van der Waals surface area contributed by atoms with E-state index in [2.05, 4.69) is 4.98 Å². The van der Waals surface area contributed by atoms with Crippen molar-refractivity contribution in [2.24, 2.45) is 0 Å². The predicted molar refractivity (Wildman–Crippen MR) is 95.2 cm³/mol. The number of rotatable bonds is 7. The van der Waals surface area contributed by atoms with Crippen molar-refractivity contribution in [2.45, 2.75) is 19.4 Å². The number of ketones is 1. The van der Waals surface area contributed by atoms with E-state index in [1.165, 1.54) is 22.7 Å². The molecule has 0 aliphatic heterocycles. The number of ether oxygens (including phenoxy) is 1. The number of aromatic nitrogens is 1. The van der Waals surface area contributed by atoms with Gasteiger partial charge in [-0.1, -0.05) is 36.4 Å². The maximum absolute atomic E-state index is 11.8. The Morgan fingerprint density at radius 2 is 1.83 bits per heavy atom. The molecule has 0 amide bonds. The number of thiazole rings is 1. The summed E-state index contributed by atoms with van der Waals surface area (Å²) in [6.07, 6.45) is 0.262. The summed E-state index contributed by atoms with van der Waals surface area (Å²) < 4.78 is 5.20. The van der Waals surface area contributed by atoms with Crippen LogP contribution in [0.25, 0.3) is 10.6 Å². The second kappa shape index (κ2) is 7.99. The summed E-state index contributed by atoms with van der Waals surface area (Å²) >= 11 is 2.90. The zero-order valence-corrected chi connectivity index (χ0v) is 14.4. The number of hydrogen-bond donors (Lipinski definition) is 0. The molecule has 6 heteroatoms. The largest absolute Gasteiger partial charge is 0.459 e. The summed E-state index contributed by atoms with van der Waals surface area (Å²) in [6.45, 7) is 0.134. The van der Waals surface area contributed by atoms with Crippen LogP contribution in [0.4, 0.5) is 0 Å². The molecular formula is C18H15NO3S2. The van der Waals surface area contributed by atoms with Gasteiger partial charge in [0.15, 0.2) is 5.78 Å². The van der Waals surface area contributed by atoms with Crippen LogP contribution in [0.15, 0.2) is 53.2 Å². The Labute approximate surface area is 147 Å². The Kier molecular flexibility index (Phi) is 5.51. The van der Waals surface area contributed by atoms with Crippen molar-refractivity contribution in [2.75, 3.05) is 0 Å². The smallest absolute Gasteiger partial charge is 0.306 e. The summed E-state index contributed by atoms with van der Waals surface area (Å²) in [6, 6.07) is 13.4. The molecule has 0 unspecified atom stereocenters. The first-order valence-electron chi connectivity index (χ1n) is 7.44. The first-order valence-corrected chi connectivity index (χ1v) is 9.20. The zero-order valence-electron chi connectivity index (χ0n) is 12.8. The van der Waals surface area contributed by atoms with Crippen molar-refractivity contribution in [1.29, 1.82) is 0 Å². The lowest BCUT2D eigenvalue weighted by atomic mass is 10.2. The Balaban J connectivity index is 1.46. The fourth-order valence-corrected chi connectivity index (χ4v) is 3.59. The molecule has 3 rings (SSSR count). The lowest BCUT2D eigenvalue weighted by Crippen LogP contribution is -2.07. The minimum Gasteiger partial charge on any atom is -0.459 e. The summed E-state index contributed by atoms with van der Waals surface area (Å²) in [5.41, 5.74) is 1.76. The van der Waals surface area contributed by atoms with Gasteiger partial charge < -0.3 is 4.74 Å². The average molecular weight is 357 g/mol. The van der Waals surface area contributed by atoms with Gasteiger partial charge in [-0.2, -0.15) is 0 Å². The van der Waals surface area contributed by atoms with Crippen molar-refractivity contribution in [3.63, 3.8) is 0 Å². The number of benzene rings is 1. The van der Waals surface area contributed by atoms with Gasteiger partial charge >= 0.3 is 5.97 Å². The maximum Gasteiger partial charge on any atom is 0.306 e. The molecule has 122 valence electrons. The first-order chi connectivity index (χ1) is 11.7. The highest BCUT2D eigenvalue weighted by Gasteiger charge is 2.12. The van der Waals surface area contributed by atoms with E-state index in [4.69, 9.17) is 4.74 Å². The minimum atomic E-state index is -0.380. The summed E-state index contributed by atoms with van der Waals surface area (Å²) in [5, 5.41) is 4.62. The number of esters is 1. The normalized spacial score (nSPS) is 10.5. The van der Waals surface area contributed by atoms with Crippen LogP contribution in [-0.4, -0.2) is 16.7 Å². The van der Waals surface area contributed by atoms with Crippen LogP contribution in [-0.2, 0) is 16.1 Å². The van der Waals surface area contributed by atoms with Gasteiger partial charge in [0.2, 0.25) is 0 Å². The molecule has 2 heterocycles. The zero-order chi connectivity index (χ0) is 16.8. The average Bonchev–Trinajstić information content (AvgIpc) is 3.30. The molecule has 0 aliphatic rings. The number of Topliss-reactive ketones (excluding diaryl/α,β-unsaturated/α-hetero) is 1. The van der Waals surface area contributed by atoms with Crippen LogP contribution in [0, 0.1) is 0 Å². The highest BCUT2D eigenvalue weighted by atomic mass is 32.1. The third-order valence-corrected chi connectivity index (χ3v) is 5.16. The van der Waals surface area contributed by atoms with Crippen LogP contribution < -0.4 is 0 Å². The van der Waals surface area contributed by atoms with E-state index in [1.807, 2.05) is 47.2 Å². The van der Waals surface area contributed by atoms with E-state index >= 15 is 0 Å². The van der Waals surface area contributed by atoms with Crippen LogP contribution in [0.5, 0.6) is 0 Å². The molecule has 0 radical (unpaired) electrons. The van der Waals surface area contributed by atoms with E-state index in [1.54, 1.807) is 6.07 Å². The Bertz CT molecular complexity index is 810. The summed E-state index contributed by atoms with van der Waals surface area (Å²) in [5.74, 6) is -0.406. The van der Waals surface area contributed by atoms with Crippen LogP contribution >= 0.6 is 22.7 Å². The number of nitrogens with zero attached hydrogens (tertiary/aromatic N) is 1. The van der Waals surface area contributed by atoms with Gasteiger partial charge in [-0.25, -0.2) is 4.98 Å². The number of hydrogen-bond acceptors (Lipinski definition) is 6. The van der Waals surface area contributed by atoms with E-state index in [9.17, 15) is 9.59 Å². The molecule has 0 atom stereocenters. The third kappa shape index (κ3) is 4.37. The van der Waals surface area contributed by atoms with Crippen molar-refractivity contribution in [3.8, 4) is 10.6 Å². The van der Waals surface area contributed by atoms with E-state index in [-0.39, 0.29) is 31.2 Å². The van der Waals surface area contributed by atoms with Gasteiger partial charge in [0, 0.05) is 17.4 Å². The Morgan fingerprint density at radius 1 is 1.00 bits per heavy atom. The molecule has 0 aliphatic carbocycles. The number of carbonyl (C=O) groups excluding carboxylic acids is 2. The van der Waals surface area contributed by atoms with Crippen LogP contribution in [0.3, 0.4) is 0 Å². The lowest BCUT2D eigenvalue weighted by molar-refractivity contribution is -0.145. The van der Waals surface area contributed by atoms with E-state index in [0.29, 0.717) is 4.88 Å². The summed E-state index contributed by atoms with van der Waals surface area (Å²) in [7, 11) is 0. The SMILES string of the molecule is O=C(CCC(=O)c1cccs1)OCc1csc(-c2ccccc2)n1. The van der Waals surface area contributed by atoms with Gasteiger partial charge in [-0.15, -0.1) is 22.7 Å². The monoisotopic (exact) mass is 357 g/mol. The van der Waals surface area contributed by atoms with Gasteiger partial charge in [0.25, 0.3) is 0 Å². The fraction of sp³-hybridized carbons (Fsp3) is 0.167. The Hall–Kier alpha value is -2.31. The molecule has 0 spiro atoms. The second-order valence-corrected chi connectivity index (χ2v) is 6.88. The number of carbonyl (C=O) groups is 2. The third-order valence-electron chi connectivity index (χ3n) is 3.31. The van der Waals surface area contributed by atoms with Crippen LogP contribution in [0.1, 0.15) is 28.2 Å². The molecular weight excluding hydrogens is 342 g/mol. The molecule has 1 aromatic carbocycles. The van der Waals surface area contributed by atoms with E-state index in [0.717, 1.165) is 16.3 Å². The van der Waals surface area contributed by atoms with Crippen molar-refractivity contribution in [1.82, 2.24) is 4.98 Å².